The van der Waals surface area contributed by atoms with Crippen molar-refractivity contribution in [2.75, 3.05) is 52.9 Å². The molecule has 0 bridgehead atoms. The molecule has 0 saturated carbocycles. The minimum absolute atomic E-state index is 0.283. The van der Waals surface area contributed by atoms with E-state index < -0.39 is 12.7 Å². The van der Waals surface area contributed by atoms with Crippen molar-refractivity contribution in [3.05, 3.63) is 0 Å². The van der Waals surface area contributed by atoms with Gasteiger partial charge >= 0.3 is 6.18 Å². The summed E-state index contributed by atoms with van der Waals surface area (Å²) < 4.78 is 36.9. The summed E-state index contributed by atoms with van der Waals surface area (Å²) in [5.74, 6) is 0.701. The molecule has 1 rings (SSSR count). The van der Waals surface area contributed by atoms with Crippen molar-refractivity contribution >= 4 is 5.96 Å². The van der Waals surface area contributed by atoms with Crippen molar-refractivity contribution in [2.24, 2.45) is 4.99 Å². The molecule has 2 N–H and O–H groups in total. The second-order valence-electron chi connectivity index (χ2n) is 6.37. The SMILES string of the molecule is CCCN1CCC(NC(=NCCN(C)CC(F)(F)F)NCC)CC1. The van der Waals surface area contributed by atoms with Crippen LogP contribution in [0.3, 0.4) is 0 Å². The highest BCUT2D eigenvalue weighted by atomic mass is 19.4. The molecule has 0 radical (unpaired) electrons. The summed E-state index contributed by atoms with van der Waals surface area (Å²) in [6.45, 7) is 7.95. The van der Waals surface area contributed by atoms with Gasteiger partial charge < -0.3 is 15.5 Å². The Morgan fingerprint density at radius 2 is 1.92 bits per heavy atom. The predicted molar refractivity (Wildman–Crippen MR) is 92.4 cm³/mol. The maximum atomic E-state index is 12.3. The van der Waals surface area contributed by atoms with E-state index >= 15 is 0 Å². The van der Waals surface area contributed by atoms with Crippen molar-refractivity contribution in [3.8, 4) is 0 Å². The molecule has 24 heavy (non-hydrogen) atoms. The van der Waals surface area contributed by atoms with Gasteiger partial charge in [-0.25, -0.2) is 0 Å². The van der Waals surface area contributed by atoms with E-state index in [1.54, 1.807) is 0 Å². The average Bonchev–Trinajstić information content (AvgIpc) is 2.48. The first-order chi connectivity index (χ1) is 11.3. The summed E-state index contributed by atoms with van der Waals surface area (Å²) in [5.41, 5.74) is 0. The molecule has 0 atom stereocenters. The molecule has 1 fully saturated rings. The van der Waals surface area contributed by atoms with Crippen LogP contribution < -0.4 is 10.6 Å². The van der Waals surface area contributed by atoms with Gasteiger partial charge in [-0.1, -0.05) is 6.92 Å². The Kier molecular flexibility index (Phi) is 9.43. The molecule has 8 heteroatoms. The lowest BCUT2D eigenvalue weighted by Gasteiger charge is -2.32. The number of hydrogen-bond acceptors (Lipinski definition) is 3. The topological polar surface area (TPSA) is 42.9 Å². The monoisotopic (exact) mass is 351 g/mol. The third-order valence-electron chi connectivity index (χ3n) is 4.01. The largest absolute Gasteiger partial charge is 0.401 e. The lowest BCUT2D eigenvalue weighted by atomic mass is 10.1. The lowest BCUT2D eigenvalue weighted by molar-refractivity contribution is -0.142. The standard InChI is InChI=1S/C16H32F3N5/c1-4-9-24-10-6-14(7-11-24)22-15(20-5-2)21-8-12-23(3)13-16(17,18)19/h14H,4-13H2,1-3H3,(H2,20,21,22). The number of aliphatic imine (C=N–C) groups is 1. The molecule has 0 aromatic heterocycles. The van der Waals surface area contributed by atoms with Gasteiger partial charge in [0, 0.05) is 32.2 Å². The Balaban J connectivity index is 2.37. The number of alkyl halides is 3. The van der Waals surface area contributed by atoms with Crippen molar-refractivity contribution < 1.29 is 13.2 Å². The molecule has 1 saturated heterocycles. The summed E-state index contributed by atoms with van der Waals surface area (Å²) in [7, 11) is 1.47. The van der Waals surface area contributed by atoms with Gasteiger partial charge in [-0.3, -0.25) is 9.89 Å². The molecule has 1 aliphatic heterocycles. The summed E-state index contributed by atoms with van der Waals surface area (Å²) in [4.78, 5) is 8.12. The highest BCUT2D eigenvalue weighted by Gasteiger charge is 2.28. The van der Waals surface area contributed by atoms with Gasteiger partial charge in [0.25, 0.3) is 0 Å². The molecule has 0 spiro atoms. The van der Waals surface area contributed by atoms with E-state index in [4.69, 9.17) is 0 Å². The van der Waals surface area contributed by atoms with Gasteiger partial charge in [-0.2, -0.15) is 13.2 Å². The Morgan fingerprint density at radius 3 is 2.46 bits per heavy atom. The number of rotatable bonds is 8. The van der Waals surface area contributed by atoms with Gasteiger partial charge in [0.2, 0.25) is 0 Å². The van der Waals surface area contributed by atoms with Gasteiger partial charge in [0.1, 0.15) is 0 Å². The summed E-state index contributed by atoms with van der Waals surface area (Å²) in [6.07, 6.45) is -0.849. The van der Waals surface area contributed by atoms with E-state index in [2.05, 4.69) is 27.4 Å². The Morgan fingerprint density at radius 1 is 1.25 bits per heavy atom. The Hall–Kier alpha value is -1.02. The van der Waals surface area contributed by atoms with Gasteiger partial charge in [0.15, 0.2) is 5.96 Å². The smallest absolute Gasteiger partial charge is 0.357 e. The molecular formula is C16H32F3N5. The molecule has 1 aliphatic rings. The number of halogens is 3. The van der Waals surface area contributed by atoms with Crippen LogP contribution in [0.2, 0.25) is 0 Å². The fourth-order valence-electron chi connectivity index (χ4n) is 2.85. The third kappa shape index (κ3) is 9.32. The first kappa shape index (κ1) is 21.0. The molecule has 0 aliphatic carbocycles. The Bertz CT molecular complexity index is 365. The maximum Gasteiger partial charge on any atom is 0.401 e. The molecule has 0 aromatic carbocycles. The van der Waals surface area contributed by atoms with Gasteiger partial charge in [0.05, 0.1) is 13.1 Å². The number of likely N-dealkylation sites (N-methyl/N-ethyl adjacent to an activating group) is 1. The first-order valence-electron chi connectivity index (χ1n) is 8.86. The molecule has 0 unspecified atom stereocenters. The zero-order valence-corrected chi connectivity index (χ0v) is 15.1. The second kappa shape index (κ2) is 10.8. The molecule has 1 heterocycles. The van der Waals surface area contributed by atoms with Crippen LogP contribution in [-0.4, -0.2) is 80.8 Å². The van der Waals surface area contributed by atoms with Crippen LogP contribution in [-0.2, 0) is 0 Å². The first-order valence-corrected chi connectivity index (χ1v) is 8.86. The van der Waals surface area contributed by atoms with Crippen LogP contribution in [0.5, 0.6) is 0 Å². The third-order valence-corrected chi connectivity index (χ3v) is 4.01. The molecule has 0 amide bonds. The van der Waals surface area contributed by atoms with E-state index in [-0.39, 0.29) is 6.54 Å². The average molecular weight is 351 g/mol. The fourth-order valence-corrected chi connectivity index (χ4v) is 2.85. The summed E-state index contributed by atoms with van der Waals surface area (Å²) >= 11 is 0. The van der Waals surface area contributed by atoms with Gasteiger partial charge in [-0.15, -0.1) is 0 Å². The van der Waals surface area contributed by atoms with Crippen LogP contribution >= 0.6 is 0 Å². The van der Waals surface area contributed by atoms with E-state index in [9.17, 15) is 13.2 Å². The number of piperidine rings is 1. The second-order valence-corrected chi connectivity index (χ2v) is 6.37. The number of nitrogens with one attached hydrogen (secondary N) is 2. The van der Waals surface area contributed by atoms with Crippen molar-refractivity contribution in [3.63, 3.8) is 0 Å². The van der Waals surface area contributed by atoms with E-state index in [0.717, 1.165) is 39.0 Å². The van der Waals surface area contributed by atoms with Crippen LogP contribution in [0.4, 0.5) is 13.2 Å². The molecular weight excluding hydrogens is 319 g/mol. The number of likely N-dealkylation sites (tertiary alicyclic amines) is 1. The number of nitrogens with zero attached hydrogens (tertiary/aromatic N) is 3. The fraction of sp³-hybridized carbons (Fsp3) is 0.938. The number of hydrogen-bond donors (Lipinski definition) is 2. The highest BCUT2D eigenvalue weighted by molar-refractivity contribution is 5.80. The quantitative estimate of drug-likeness (QED) is 0.518. The van der Waals surface area contributed by atoms with E-state index in [1.165, 1.54) is 18.4 Å². The van der Waals surface area contributed by atoms with Crippen LogP contribution in [0.1, 0.15) is 33.1 Å². The minimum Gasteiger partial charge on any atom is -0.357 e. The molecule has 142 valence electrons. The van der Waals surface area contributed by atoms with Crippen molar-refractivity contribution in [2.45, 2.75) is 45.3 Å². The predicted octanol–water partition coefficient (Wildman–Crippen LogP) is 1.91. The lowest BCUT2D eigenvalue weighted by Crippen LogP contribution is -2.49. The van der Waals surface area contributed by atoms with Crippen LogP contribution in [0, 0.1) is 0 Å². The Labute approximate surface area is 143 Å². The zero-order valence-electron chi connectivity index (χ0n) is 15.1. The van der Waals surface area contributed by atoms with Crippen LogP contribution in [0.25, 0.3) is 0 Å². The minimum atomic E-state index is -4.16. The summed E-state index contributed by atoms with van der Waals surface area (Å²) in [5, 5.41) is 6.59. The van der Waals surface area contributed by atoms with Crippen LogP contribution in [0.15, 0.2) is 4.99 Å². The van der Waals surface area contributed by atoms with Gasteiger partial charge in [-0.05, 0) is 39.8 Å². The molecule has 0 aromatic rings. The summed E-state index contributed by atoms with van der Waals surface area (Å²) in [6, 6.07) is 0.379. The van der Waals surface area contributed by atoms with Crippen molar-refractivity contribution in [1.29, 1.82) is 0 Å². The number of guanidine groups is 1. The maximum absolute atomic E-state index is 12.3. The highest BCUT2D eigenvalue weighted by Crippen LogP contribution is 2.15. The zero-order chi connectivity index (χ0) is 18.0. The molecule has 5 nitrogen and oxygen atoms in total. The normalized spacial score (nSPS) is 18.2. The van der Waals surface area contributed by atoms with E-state index in [0.29, 0.717) is 18.5 Å². The van der Waals surface area contributed by atoms with Crippen molar-refractivity contribution in [1.82, 2.24) is 20.4 Å². The van der Waals surface area contributed by atoms with E-state index in [1.807, 2.05) is 6.92 Å².